The lowest BCUT2D eigenvalue weighted by Gasteiger charge is -2.22. The van der Waals surface area contributed by atoms with Crippen LogP contribution >= 0.6 is 27.5 Å². The summed E-state index contributed by atoms with van der Waals surface area (Å²) in [4.78, 5) is 8.86. The van der Waals surface area contributed by atoms with Gasteiger partial charge in [0.05, 0.1) is 30.0 Å². The average molecular weight is 356 g/mol. The Bertz CT molecular complexity index is 604. The summed E-state index contributed by atoms with van der Waals surface area (Å²) in [6.07, 6.45) is -0.267. The van der Waals surface area contributed by atoms with Gasteiger partial charge in [0.2, 0.25) is 0 Å². The number of nitrogens with zero attached hydrogens (tertiary/aromatic N) is 2. The molecule has 3 rings (SSSR count). The molecule has 4 nitrogen and oxygen atoms in total. The number of aromatic nitrogens is 2. The Morgan fingerprint density at radius 1 is 1.15 bits per heavy atom. The van der Waals surface area contributed by atoms with E-state index in [-0.39, 0.29) is 6.10 Å². The van der Waals surface area contributed by atoms with E-state index in [1.54, 1.807) is 0 Å². The maximum absolute atomic E-state index is 6.19. The van der Waals surface area contributed by atoms with Crippen molar-refractivity contribution in [3.63, 3.8) is 0 Å². The Morgan fingerprint density at radius 2 is 1.95 bits per heavy atom. The smallest absolute Gasteiger partial charge is 0.161 e. The first-order valence-corrected chi connectivity index (χ1v) is 7.40. The molecule has 0 amide bonds. The largest absolute Gasteiger partial charge is 0.376 e. The Morgan fingerprint density at radius 3 is 2.65 bits per heavy atom. The van der Waals surface area contributed by atoms with Gasteiger partial charge in [-0.15, -0.1) is 0 Å². The molecule has 1 fully saturated rings. The van der Waals surface area contributed by atoms with Crippen LogP contribution in [0.3, 0.4) is 0 Å². The monoisotopic (exact) mass is 354 g/mol. The summed E-state index contributed by atoms with van der Waals surface area (Å²) in [7, 11) is 0. The molecule has 1 aromatic carbocycles. The highest BCUT2D eigenvalue weighted by Gasteiger charge is 2.22. The first-order chi connectivity index (χ1) is 9.75. The predicted octanol–water partition coefficient (Wildman–Crippen LogP) is 3.65. The van der Waals surface area contributed by atoms with Gasteiger partial charge in [-0.05, 0) is 15.9 Å². The van der Waals surface area contributed by atoms with Crippen LogP contribution in [0.4, 0.5) is 0 Å². The molecule has 1 aliphatic heterocycles. The highest BCUT2D eigenvalue weighted by atomic mass is 79.9. The van der Waals surface area contributed by atoms with E-state index in [0.29, 0.717) is 35.3 Å². The zero-order valence-corrected chi connectivity index (χ0v) is 12.9. The first-order valence-electron chi connectivity index (χ1n) is 6.23. The van der Waals surface area contributed by atoms with Crippen molar-refractivity contribution in [2.75, 3.05) is 19.8 Å². The molecule has 0 radical (unpaired) electrons. The van der Waals surface area contributed by atoms with E-state index in [0.717, 1.165) is 11.3 Å². The van der Waals surface area contributed by atoms with Gasteiger partial charge in [0.25, 0.3) is 0 Å². The van der Waals surface area contributed by atoms with Gasteiger partial charge in [-0.25, -0.2) is 9.97 Å². The molecule has 0 N–H and O–H groups in total. The molecule has 1 unspecified atom stereocenters. The van der Waals surface area contributed by atoms with Crippen LogP contribution in [0.25, 0.3) is 11.3 Å². The minimum absolute atomic E-state index is 0.267. The van der Waals surface area contributed by atoms with Crippen LogP contribution in [0.5, 0.6) is 0 Å². The van der Waals surface area contributed by atoms with Gasteiger partial charge in [-0.3, -0.25) is 0 Å². The van der Waals surface area contributed by atoms with Crippen LogP contribution in [-0.4, -0.2) is 29.8 Å². The van der Waals surface area contributed by atoms with Gasteiger partial charge in [0, 0.05) is 5.56 Å². The van der Waals surface area contributed by atoms with Crippen molar-refractivity contribution in [1.82, 2.24) is 9.97 Å². The fourth-order valence-corrected chi connectivity index (χ4v) is 2.59. The van der Waals surface area contributed by atoms with Crippen molar-refractivity contribution < 1.29 is 9.47 Å². The van der Waals surface area contributed by atoms with Crippen molar-refractivity contribution in [3.8, 4) is 11.3 Å². The summed E-state index contributed by atoms with van der Waals surface area (Å²) in [5.74, 6) is 0.553. The van der Waals surface area contributed by atoms with Gasteiger partial charge >= 0.3 is 0 Å². The Kier molecular flexibility index (Phi) is 4.31. The molecule has 1 atom stereocenters. The summed E-state index contributed by atoms with van der Waals surface area (Å²) in [5.41, 5.74) is 1.73. The predicted molar refractivity (Wildman–Crippen MR) is 79.7 cm³/mol. The summed E-state index contributed by atoms with van der Waals surface area (Å²) in [6, 6.07) is 9.82. The van der Waals surface area contributed by atoms with Crippen LogP contribution in [0.1, 0.15) is 11.9 Å². The van der Waals surface area contributed by atoms with Crippen LogP contribution in [-0.2, 0) is 9.47 Å². The number of hydrogen-bond acceptors (Lipinski definition) is 4. The summed E-state index contributed by atoms with van der Waals surface area (Å²) >= 11 is 9.64. The topological polar surface area (TPSA) is 44.2 Å². The zero-order chi connectivity index (χ0) is 13.9. The minimum Gasteiger partial charge on any atom is -0.376 e. The molecular formula is C14H12BrClN2O2. The third-order valence-corrected chi connectivity index (χ3v) is 4.23. The molecule has 0 spiro atoms. The molecule has 1 aromatic heterocycles. The second kappa shape index (κ2) is 6.18. The van der Waals surface area contributed by atoms with Crippen molar-refractivity contribution in [2.24, 2.45) is 0 Å². The minimum atomic E-state index is -0.267. The number of halogens is 2. The summed E-state index contributed by atoms with van der Waals surface area (Å²) in [6.45, 7) is 1.60. The van der Waals surface area contributed by atoms with E-state index < -0.39 is 0 Å². The standard InChI is InChI=1S/C14H12BrClN2O2/c15-11-12(9-4-2-1-3-5-9)17-14(18-13(11)16)10-8-19-6-7-20-10/h1-5,10H,6-8H2. The maximum atomic E-state index is 6.19. The number of benzene rings is 1. The quantitative estimate of drug-likeness (QED) is 0.771. The van der Waals surface area contributed by atoms with E-state index in [1.807, 2.05) is 30.3 Å². The molecule has 6 heteroatoms. The molecule has 1 aliphatic rings. The van der Waals surface area contributed by atoms with E-state index in [1.165, 1.54) is 0 Å². The Hall–Kier alpha value is -1.01. The lowest BCUT2D eigenvalue weighted by Crippen LogP contribution is -2.23. The fraction of sp³-hybridized carbons (Fsp3) is 0.286. The number of hydrogen-bond donors (Lipinski definition) is 0. The highest BCUT2D eigenvalue weighted by Crippen LogP contribution is 2.33. The van der Waals surface area contributed by atoms with Gasteiger partial charge in [0.15, 0.2) is 5.82 Å². The molecule has 1 saturated heterocycles. The lowest BCUT2D eigenvalue weighted by atomic mass is 10.1. The van der Waals surface area contributed by atoms with E-state index in [9.17, 15) is 0 Å². The molecular weight excluding hydrogens is 344 g/mol. The average Bonchev–Trinajstić information content (AvgIpc) is 2.51. The van der Waals surface area contributed by atoms with Crippen LogP contribution in [0.2, 0.25) is 5.15 Å². The van der Waals surface area contributed by atoms with Crippen molar-refractivity contribution in [1.29, 1.82) is 0 Å². The normalized spacial score (nSPS) is 19.0. The number of rotatable bonds is 2. The Balaban J connectivity index is 2.03. The molecule has 0 saturated carbocycles. The maximum Gasteiger partial charge on any atom is 0.161 e. The second-order valence-corrected chi connectivity index (χ2v) is 5.49. The van der Waals surface area contributed by atoms with Gasteiger partial charge in [0.1, 0.15) is 11.3 Å². The zero-order valence-electron chi connectivity index (χ0n) is 10.6. The molecule has 0 bridgehead atoms. The van der Waals surface area contributed by atoms with E-state index in [2.05, 4.69) is 25.9 Å². The lowest BCUT2D eigenvalue weighted by molar-refractivity contribution is -0.0935. The summed E-state index contributed by atoms with van der Waals surface area (Å²) in [5, 5.41) is 0.378. The third-order valence-electron chi connectivity index (χ3n) is 2.98. The van der Waals surface area contributed by atoms with Crippen LogP contribution in [0, 0.1) is 0 Å². The molecule has 2 aromatic rings. The van der Waals surface area contributed by atoms with E-state index in [4.69, 9.17) is 21.1 Å². The van der Waals surface area contributed by atoms with Crippen molar-refractivity contribution in [3.05, 3.63) is 45.8 Å². The molecule has 104 valence electrons. The SMILES string of the molecule is Clc1nc(C2COCCO2)nc(-c2ccccc2)c1Br. The first kappa shape index (κ1) is 13.9. The summed E-state index contributed by atoms with van der Waals surface area (Å²) < 4.78 is 11.7. The Labute approximate surface area is 130 Å². The van der Waals surface area contributed by atoms with Gasteiger partial charge in [-0.2, -0.15) is 0 Å². The highest BCUT2D eigenvalue weighted by molar-refractivity contribution is 9.10. The van der Waals surface area contributed by atoms with Gasteiger partial charge in [-0.1, -0.05) is 41.9 Å². The van der Waals surface area contributed by atoms with Crippen LogP contribution in [0.15, 0.2) is 34.8 Å². The van der Waals surface area contributed by atoms with Gasteiger partial charge < -0.3 is 9.47 Å². The fourth-order valence-electron chi connectivity index (χ4n) is 2.00. The second-order valence-electron chi connectivity index (χ2n) is 4.34. The van der Waals surface area contributed by atoms with E-state index >= 15 is 0 Å². The molecule has 2 heterocycles. The molecule has 20 heavy (non-hydrogen) atoms. The van der Waals surface area contributed by atoms with Crippen molar-refractivity contribution in [2.45, 2.75) is 6.10 Å². The molecule has 0 aliphatic carbocycles. The van der Waals surface area contributed by atoms with Crippen LogP contribution < -0.4 is 0 Å². The van der Waals surface area contributed by atoms with Crippen molar-refractivity contribution >= 4 is 27.5 Å². The number of ether oxygens (including phenoxy) is 2. The third kappa shape index (κ3) is 2.86.